The van der Waals surface area contributed by atoms with E-state index in [2.05, 4.69) is 32.1 Å². The second kappa shape index (κ2) is 7.85. The van der Waals surface area contributed by atoms with Crippen LogP contribution in [0.15, 0.2) is 30.5 Å². The maximum atomic E-state index is 15.1. The number of imidazole rings is 1. The molecule has 7 nitrogen and oxygen atoms in total. The topological polar surface area (TPSA) is 68.4 Å². The molecule has 8 heteroatoms. The Balaban J connectivity index is 1.52. The number of hydrogen-bond donors (Lipinski definition) is 0. The van der Waals surface area contributed by atoms with Gasteiger partial charge < -0.3 is 9.64 Å². The molecule has 160 valence electrons. The van der Waals surface area contributed by atoms with Crippen LogP contribution in [-0.2, 0) is 0 Å². The zero-order valence-electron chi connectivity index (χ0n) is 18.0. The number of hydrogen-bond acceptors (Lipinski definition) is 6. The molecule has 0 atom stereocenters. The van der Waals surface area contributed by atoms with Crippen LogP contribution in [0.25, 0.3) is 27.8 Å². The molecule has 1 aliphatic heterocycles. The van der Waals surface area contributed by atoms with Crippen LogP contribution >= 0.6 is 0 Å². The first-order chi connectivity index (χ1) is 15.1. The number of aryl methyl sites for hydroxylation is 1. The number of halogens is 1. The van der Waals surface area contributed by atoms with Gasteiger partial charge in [-0.15, -0.1) is 0 Å². The van der Waals surface area contributed by atoms with E-state index in [0.717, 1.165) is 43.9 Å². The summed E-state index contributed by atoms with van der Waals surface area (Å²) in [6, 6.07) is 6.97. The third-order valence-corrected chi connectivity index (χ3v) is 6.15. The fourth-order valence-corrected chi connectivity index (χ4v) is 4.36. The summed E-state index contributed by atoms with van der Waals surface area (Å²) >= 11 is 0. The Bertz CT molecular complexity index is 1260. The number of piperidine rings is 1. The number of rotatable bonds is 4. The van der Waals surface area contributed by atoms with Crippen LogP contribution < -0.4 is 4.74 Å². The molecule has 0 radical (unpaired) electrons. The maximum Gasteiger partial charge on any atom is 0.196 e. The number of ether oxygens (including phenoxy) is 1. The van der Waals surface area contributed by atoms with Crippen LogP contribution in [0, 0.1) is 12.7 Å². The van der Waals surface area contributed by atoms with Crippen LogP contribution in [0.1, 0.15) is 37.1 Å². The summed E-state index contributed by atoms with van der Waals surface area (Å²) < 4.78 is 22.3. The third-order valence-electron chi connectivity index (χ3n) is 6.15. The number of fused-ring (bicyclic) bond motifs is 2. The molecule has 0 bridgehead atoms. The van der Waals surface area contributed by atoms with Gasteiger partial charge in [0.05, 0.1) is 35.9 Å². The Morgan fingerprint density at radius 1 is 1.13 bits per heavy atom. The minimum absolute atomic E-state index is 0.322. The number of likely N-dealkylation sites (tertiary alicyclic amines) is 1. The van der Waals surface area contributed by atoms with Gasteiger partial charge in [-0.1, -0.05) is 6.92 Å². The summed E-state index contributed by atoms with van der Waals surface area (Å²) in [4.78, 5) is 6.85. The Morgan fingerprint density at radius 2 is 1.94 bits per heavy atom. The largest absolute Gasteiger partial charge is 0.493 e. The van der Waals surface area contributed by atoms with E-state index in [-0.39, 0.29) is 5.82 Å². The number of methoxy groups -OCH3 is 1. The Kier molecular flexibility index (Phi) is 5.02. The van der Waals surface area contributed by atoms with E-state index in [1.54, 1.807) is 17.7 Å². The molecule has 1 aromatic carbocycles. The van der Waals surface area contributed by atoms with Crippen LogP contribution in [0.3, 0.4) is 0 Å². The van der Waals surface area contributed by atoms with Gasteiger partial charge in [0.2, 0.25) is 0 Å². The van der Waals surface area contributed by atoms with E-state index in [9.17, 15) is 0 Å². The molecule has 3 aromatic heterocycles. The molecule has 1 aliphatic rings. The molecule has 5 rings (SSSR count). The summed E-state index contributed by atoms with van der Waals surface area (Å²) in [5, 5.41) is 13.9. The summed E-state index contributed by atoms with van der Waals surface area (Å²) in [7, 11) is 1.59. The highest BCUT2D eigenvalue weighted by Gasteiger charge is 2.22. The van der Waals surface area contributed by atoms with Crippen molar-refractivity contribution in [2.75, 3.05) is 26.7 Å². The fourth-order valence-electron chi connectivity index (χ4n) is 4.36. The number of nitrogens with zero attached hydrogens (tertiary/aromatic N) is 6. The minimum Gasteiger partial charge on any atom is -0.493 e. The average molecular weight is 420 g/mol. The van der Waals surface area contributed by atoms with Gasteiger partial charge in [0.25, 0.3) is 0 Å². The summed E-state index contributed by atoms with van der Waals surface area (Å²) in [6.07, 6.45) is 3.87. The average Bonchev–Trinajstić information content (AvgIpc) is 3.18. The molecule has 31 heavy (non-hydrogen) atoms. The van der Waals surface area contributed by atoms with E-state index in [1.165, 1.54) is 6.07 Å². The predicted molar refractivity (Wildman–Crippen MR) is 117 cm³/mol. The van der Waals surface area contributed by atoms with Gasteiger partial charge in [0.1, 0.15) is 5.82 Å². The van der Waals surface area contributed by atoms with Gasteiger partial charge in [0.15, 0.2) is 11.4 Å². The molecular formula is C23H25FN6O. The van der Waals surface area contributed by atoms with Gasteiger partial charge in [0, 0.05) is 22.9 Å². The minimum atomic E-state index is -0.322. The molecular weight excluding hydrogens is 395 g/mol. The van der Waals surface area contributed by atoms with Gasteiger partial charge in [-0.25, -0.2) is 13.9 Å². The predicted octanol–water partition coefficient (Wildman–Crippen LogP) is 3.99. The van der Waals surface area contributed by atoms with Gasteiger partial charge in [-0.05, 0) is 57.6 Å². The molecule has 4 heterocycles. The molecule has 0 aliphatic carbocycles. The van der Waals surface area contributed by atoms with Crippen LogP contribution in [0.5, 0.6) is 5.75 Å². The van der Waals surface area contributed by atoms with Crippen molar-refractivity contribution in [3.05, 3.63) is 47.7 Å². The zero-order valence-corrected chi connectivity index (χ0v) is 18.0. The van der Waals surface area contributed by atoms with Crippen molar-refractivity contribution in [1.82, 2.24) is 29.7 Å². The van der Waals surface area contributed by atoms with Crippen molar-refractivity contribution in [3.8, 4) is 17.0 Å². The standard InChI is InChI=1S/C23H25FN6O/c1-4-29-7-5-15(6-8-29)19-11-17-18(24)9-16(10-21(17)27-26-19)20-12-22(31-3)23-25-14(2)13-30(23)28-20/h9-13,15H,4-8H2,1-3H3. The van der Waals surface area contributed by atoms with Crippen LogP contribution in [0.4, 0.5) is 4.39 Å². The first kappa shape index (κ1) is 19.8. The third kappa shape index (κ3) is 3.61. The monoisotopic (exact) mass is 420 g/mol. The lowest BCUT2D eigenvalue weighted by molar-refractivity contribution is 0.220. The molecule has 1 fully saturated rings. The summed E-state index contributed by atoms with van der Waals surface area (Å²) in [5.41, 5.74) is 4.06. The zero-order chi connectivity index (χ0) is 21.5. The molecule has 0 saturated carbocycles. The van der Waals surface area contributed by atoms with Gasteiger partial charge in [-0.3, -0.25) is 0 Å². The molecule has 0 spiro atoms. The molecule has 0 unspecified atom stereocenters. The Morgan fingerprint density at radius 3 is 2.68 bits per heavy atom. The highest BCUT2D eigenvalue weighted by molar-refractivity contribution is 5.84. The van der Waals surface area contributed by atoms with E-state index < -0.39 is 0 Å². The normalized spacial score (nSPS) is 15.7. The smallest absolute Gasteiger partial charge is 0.196 e. The van der Waals surface area contributed by atoms with Gasteiger partial charge >= 0.3 is 0 Å². The lowest BCUT2D eigenvalue weighted by atomic mass is 9.92. The molecule has 0 amide bonds. The SMILES string of the molecule is CCN1CCC(c2cc3c(F)cc(-c4cc(OC)c5nc(C)cn5n4)cc3nn2)CC1. The number of benzene rings is 1. The Hall–Kier alpha value is -3.13. The Labute approximate surface area is 179 Å². The van der Waals surface area contributed by atoms with Crippen LogP contribution in [-0.4, -0.2) is 56.4 Å². The van der Waals surface area contributed by atoms with E-state index in [4.69, 9.17) is 4.74 Å². The molecule has 4 aromatic rings. The highest BCUT2D eigenvalue weighted by atomic mass is 19.1. The first-order valence-electron chi connectivity index (χ1n) is 10.7. The van der Waals surface area contributed by atoms with Crippen LogP contribution in [0.2, 0.25) is 0 Å². The second-order valence-electron chi connectivity index (χ2n) is 8.12. The van der Waals surface area contributed by atoms with E-state index in [1.807, 2.05) is 25.3 Å². The number of aromatic nitrogens is 5. The fraction of sp³-hybridized carbons (Fsp3) is 0.391. The van der Waals surface area contributed by atoms with Crippen molar-refractivity contribution in [2.45, 2.75) is 32.6 Å². The van der Waals surface area contributed by atoms with Crippen molar-refractivity contribution >= 4 is 16.6 Å². The lowest BCUT2D eigenvalue weighted by Gasteiger charge is -2.30. The second-order valence-corrected chi connectivity index (χ2v) is 8.12. The highest BCUT2D eigenvalue weighted by Crippen LogP contribution is 2.31. The quantitative estimate of drug-likeness (QED) is 0.497. The van der Waals surface area contributed by atoms with Crippen molar-refractivity contribution in [2.24, 2.45) is 0 Å². The van der Waals surface area contributed by atoms with E-state index >= 15 is 4.39 Å². The lowest BCUT2D eigenvalue weighted by Crippen LogP contribution is -2.32. The van der Waals surface area contributed by atoms with E-state index in [0.29, 0.717) is 39.5 Å². The van der Waals surface area contributed by atoms with Crippen molar-refractivity contribution < 1.29 is 9.13 Å². The van der Waals surface area contributed by atoms with Gasteiger partial charge in [-0.2, -0.15) is 15.3 Å². The molecule has 1 saturated heterocycles. The maximum absolute atomic E-state index is 15.1. The first-order valence-corrected chi connectivity index (χ1v) is 10.7. The summed E-state index contributed by atoms with van der Waals surface area (Å²) in [6.45, 7) is 7.23. The van der Waals surface area contributed by atoms with Crippen molar-refractivity contribution in [1.29, 1.82) is 0 Å². The summed E-state index contributed by atoms with van der Waals surface area (Å²) in [5.74, 6) is 0.590. The van der Waals surface area contributed by atoms with Crippen molar-refractivity contribution in [3.63, 3.8) is 0 Å². The molecule has 0 N–H and O–H groups in total.